The molecule has 1 aliphatic rings. The average molecular weight is 406 g/mol. The van der Waals surface area contributed by atoms with Gasteiger partial charge in [-0.25, -0.2) is 4.98 Å². The third-order valence-electron chi connectivity index (χ3n) is 4.76. The highest BCUT2D eigenvalue weighted by atomic mass is 32.1. The number of rotatable bonds is 6. The van der Waals surface area contributed by atoms with E-state index in [0.29, 0.717) is 17.2 Å². The summed E-state index contributed by atoms with van der Waals surface area (Å²) in [5.41, 5.74) is 3.25. The van der Waals surface area contributed by atoms with Crippen LogP contribution in [0.1, 0.15) is 23.2 Å². The second kappa shape index (κ2) is 8.09. The number of anilines is 1. The fraction of sp³-hybridized carbons (Fsp3) is 0.217. The Labute approximate surface area is 174 Å². The second-order valence-corrected chi connectivity index (χ2v) is 8.10. The lowest BCUT2D eigenvalue weighted by Crippen LogP contribution is -2.26. The summed E-state index contributed by atoms with van der Waals surface area (Å²) in [6, 6.07) is 17.6. The molecule has 1 aromatic heterocycles. The molecule has 0 saturated carbocycles. The van der Waals surface area contributed by atoms with Crippen molar-refractivity contribution < 1.29 is 9.84 Å². The lowest BCUT2D eigenvalue weighted by Gasteiger charge is -2.19. The lowest BCUT2D eigenvalue weighted by molar-refractivity contribution is 0.317. The fourth-order valence-electron chi connectivity index (χ4n) is 3.35. The Morgan fingerprint density at radius 3 is 2.72 bits per heavy atom. The van der Waals surface area contributed by atoms with E-state index in [1.807, 2.05) is 61.5 Å². The Morgan fingerprint density at radius 1 is 1.17 bits per heavy atom. The lowest BCUT2D eigenvalue weighted by atomic mass is 10.1. The van der Waals surface area contributed by atoms with Crippen molar-refractivity contribution in [1.82, 2.24) is 4.98 Å². The second-order valence-electron chi connectivity index (χ2n) is 6.89. The van der Waals surface area contributed by atoms with Crippen molar-refractivity contribution in [2.24, 2.45) is 0 Å². The largest absolute Gasteiger partial charge is 0.510 e. The van der Waals surface area contributed by atoms with Crippen LogP contribution in [0.3, 0.4) is 0 Å². The summed E-state index contributed by atoms with van der Waals surface area (Å²) in [5.74, 6) is 1.19. The van der Waals surface area contributed by atoms with Crippen LogP contribution in [0, 0.1) is 12.3 Å². The van der Waals surface area contributed by atoms with Crippen LogP contribution in [0.5, 0.6) is 5.75 Å². The molecule has 0 amide bonds. The van der Waals surface area contributed by atoms with Gasteiger partial charge in [0, 0.05) is 22.2 Å². The maximum absolute atomic E-state index is 10.7. The van der Waals surface area contributed by atoms with E-state index < -0.39 is 0 Å². The number of aromatic nitrogens is 1. The minimum atomic E-state index is 0.170. The molecule has 0 saturated heterocycles. The third-order valence-corrected chi connectivity index (χ3v) is 5.75. The summed E-state index contributed by atoms with van der Waals surface area (Å²) >= 11 is 1.50. The van der Waals surface area contributed by atoms with Crippen molar-refractivity contribution in [3.8, 4) is 17.0 Å². The Hall–Kier alpha value is -3.12. The van der Waals surface area contributed by atoms with Crippen LogP contribution in [0.2, 0.25) is 0 Å². The van der Waals surface area contributed by atoms with Crippen molar-refractivity contribution in [2.45, 2.75) is 20.3 Å². The number of nitrogens with one attached hydrogen (secondary N) is 1. The van der Waals surface area contributed by atoms with Crippen LogP contribution in [0.25, 0.3) is 16.8 Å². The Morgan fingerprint density at radius 2 is 1.97 bits per heavy atom. The Bertz CT molecular complexity index is 1070. The van der Waals surface area contributed by atoms with Gasteiger partial charge in [0.05, 0.1) is 24.4 Å². The van der Waals surface area contributed by atoms with Crippen LogP contribution in [0.15, 0.2) is 60.4 Å². The summed E-state index contributed by atoms with van der Waals surface area (Å²) in [6.45, 7) is 4.99. The zero-order valence-corrected chi connectivity index (χ0v) is 17.3. The number of aliphatic hydroxyl groups is 1. The Kier molecular flexibility index (Phi) is 5.36. The van der Waals surface area contributed by atoms with Gasteiger partial charge in [0.15, 0.2) is 0 Å². The summed E-state index contributed by atoms with van der Waals surface area (Å²) in [7, 11) is 0. The number of hydrogen-bond acceptors (Lipinski definition) is 5. The molecule has 0 fully saturated rings. The predicted octanol–water partition coefficient (Wildman–Crippen LogP) is 5.67. The molecule has 2 N–H and O–H groups in total. The van der Waals surface area contributed by atoms with Gasteiger partial charge in [-0.2, -0.15) is 0 Å². The highest BCUT2D eigenvalue weighted by molar-refractivity contribution is 7.13. The topological polar surface area (TPSA) is 69.4 Å². The van der Waals surface area contributed by atoms with E-state index in [-0.39, 0.29) is 18.1 Å². The van der Waals surface area contributed by atoms with Gasteiger partial charge in [-0.15, -0.1) is 11.3 Å². The number of amidine groups is 1. The number of thiazole rings is 1. The molecule has 0 atom stereocenters. The van der Waals surface area contributed by atoms with Gasteiger partial charge < -0.3 is 14.7 Å². The van der Waals surface area contributed by atoms with Crippen molar-refractivity contribution in [3.05, 3.63) is 70.2 Å². The number of aryl methyl sites for hydroxylation is 1. The van der Waals surface area contributed by atoms with E-state index in [1.165, 1.54) is 11.3 Å². The molecule has 0 aliphatic carbocycles. The molecule has 2 heterocycles. The van der Waals surface area contributed by atoms with E-state index >= 15 is 0 Å². The summed E-state index contributed by atoms with van der Waals surface area (Å²) in [5, 5.41) is 20.0. The van der Waals surface area contributed by atoms with Gasteiger partial charge in [0.25, 0.3) is 0 Å². The van der Waals surface area contributed by atoms with Gasteiger partial charge in [-0.3, -0.25) is 5.41 Å². The summed E-state index contributed by atoms with van der Waals surface area (Å²) < 4.78 is 5.71. The van der Waals surface area contributed by atoms with E-state index in [0.717, 1.165) is 34.0 Å². The fourth-order valence-corrected chi connectivity index (χ4v) is 4.36. The molecular weight excluding hydrogens is 382 g/mol. The van der Waals surface area contributed by atoms with Gasteiger partial charge in [-0.05, 0) is 25.5 Å². The van der Waals surface area contributed by atoms with Crippen molar-refractivity contribution >= 4 is 28.4 Å². The molecule has 5 nitrogen and oxygen atoms in total. The molecule has 1 aliphatic heterocycles. The zero-order valence-electron chi connectivity index (χ0n) is 16.5. The normalized spacial score (nSPS) is 14.0. The first kappa shape index (κ1) is 19.2. The Balaban J connectivity index is 1.62. The van der Waals surface area contributed by atoms with Crippen LogP contribution in [-0.4, -0.2) is 29.1 Å². The molecule has 3 aromatic rings. The minimum absolute atomic E-state index is 0.170. The predicted molar refractivity (Wildman–Crippen MR) is 119 cm³/mol. The van der Waals surface area contributed by atoms with Crippen LogP contribution in [0.4, 0.5) is 5.69 Å². The van der Waals surface area contributed by atoms with Crippen LogP contribution < -0.4 is 9.64 Å². The highest BCUT2D eigenvalue weighted by Gasteiger charge is 2.32. The first-order valence-corrected chi connectivity index (χ1v) is 10.4. The van der Waals surface area contributed by atoms with Crippen molar-refractivity contribution in [3.63, 3.8) is 0 Å². The molecule has 0 bridgehead atoms. The molecule has 29 heavy (non-hydrogen) atoms. The number of ether oxygens (including phenoxy) is 1. The number of hydrogen-bond donors (Lipinski definition) is 2. The van der Waals surface area contributed by atoms with Gasteiger partial charge >= 0.3 is 0 Å². The SMILES string of the molecule is CCCOc1cccc(N2CC(O)=C(c3nc(-c4ccccc4)c(C)s3)C2=N)c1. The van der Waals surface area contributed by atoms with Gasteiger partial charge in [0.2, 0.25) is 0 Å². The quantitative estimate of drug-likeness (QED) is 0.554. The van der Waals surface area contributed by atoms with Gasteiger partial charge in [-0.1, -0.05) is 43.3 Å². The first-order chi connectivity index (χ1) is 14.1. The molecule has 2 aromatic carbocycles. The zero-order chi connectivity index (χ0) is 20.4. The maximum Gasteiger partial charge on any atom is 0.139 e. The molecule has 148 valence electrons. The molecule has 0 radical (unpaired) electrons. The number of aliphatic hydroxyl groups excluding tert-OH is 1. The van der Waals surface area contributed by atoms with Gasteiger partial charge in [0.1, 0.15) is 22.4 Å². The number of benzene rings is 2. The minimum Gasteiger partial charge on any atom is -0.510 e. The van der Waals surface area contributed by atoms with Crippen LogP contribution in [-0.2, 0) is 0 Å². The third kappa shape index (κ3) is 3.76. The smallest absolute Gasteiger partial charge is 0.139 e. The average Bonchev–Trinajstić information content (AvgIpc) is 3.26. The molecule has 0 unspecified atom stereocenters. The monoisotopic (exact) mass is 405 g/mol. The van der Waals surface area contributed by atoms with Crippen molar-refractivity contribution in [1.29, 1.82) is 5.41 Å². The summed E-state index contributed by atoms with van der Waals surface area (Å²) in [4.78, 5) is 7.60. The molecule has 4 rings (SSSR count). The van der Waals surface area contributed by atoms with Crippen LogP contribution >= 0.6 is 11.3 Å². The number of nitrogens with zero attached hydrogens (tertiary/aromatic N) is 2. The van der Waals surface area contributed by atoms with Crippen molar-refractivity contribution in [2.75, 3.05) is 18.1 Å². The first-order valence-electron chi connectivity index (χ1n) is 9.63. The maximum atomic E-state index is 10.7. The van der Waals surface area contributed by atoms with E-state index in [4.69, 9.17) is 15.1 Å². The summed E-state index contributed by atoms with van der Waals surface area (Å²) in [6.07, 6.45) is 0.934. The van der Waals surface area contributed by atoms with E-state index in [2.05, 4.69) is 6.92 Å². The molecule has 0 spiro atoms. The molecular formula is C23H23N3O2S. The standard InChI is InChI=1S/C23H23N3O2S/c1-3-12-28-18-11-7-10-17(13-18)26-14-19(27)20(22(26)24)23-25-21(15(2)29-23)16-8-5-4-6-9-16/h4-11,13,24,27H,3,12,14H2,1-2H3. The van der Waals surface area contributed by atoms with E-state index in [1.54, 1.807) is 4.90 Å². The highest BCUT2D eigenvalue weighted by Crippen LogP contribution is 2.37. The molecule has 6 heteroatoms. The van der Waals surface area contributed by atoms with E-state index in [9.17, 15) is 5.11 Å².